The van der Waals surface area contributed by atoms with Gasteiger partial charge in [0.1, 0.15) is 5.69 Å². The Balaban J connectivity index is 1.79. The molecule has 1 aromatic heterocycles. The van der Waals surface area contributed by atoms with Crippen molar-refractivity contribution < 1.29 is 9.72 Å². The van der Waals surface area contributed by atoms with E-state index >= 15 is 0 Å². The number of carbonyl (C=O) groups excluding carboxylic acids is 1. The summed E-state index contributed by atoms with van der Waals surface area (Å²) >= 11 is 1.30. The third-order valence-corrected chi connectivity index (χ3v) is 4.56. The molecule has 0 aliphatic rings. The summed E-state index contributed by atoms with van der Waals surface area (Å²) in [6, 6.07) is 12.2. The molecule has 7 nitrogen and oxygen atoms in total. The summed E-state index contributed by atoms with van der Waals surface area (Å²) < 4.78 is 0. The molecule has 2 N–H and O–H groups in total. The summed E-state index contributed by atoms with van der Waals surface area (Å²) in [5.74, 6) is -0.444. The van der Waals surface area contributed by atoms with Gasteiger partial charge in [0.25, 0.3) is 11.6 Å². The molecule has 0 saturated carbocycles. The van der Waals surface area contributed by atoms with E-state index in [0.717, 1.165) is 16.8 Å². The zero-order valence-electron chi connectivity index (χ0n) is 14.1. The summed E-state index contributed by atoms with van der Waals surface area (Å²) in [5.41, 5.74) is 3.28. The number of aromatic nitrogens is 1. The Morgan fingerprint density at radius 3 is 2.58 bits per heavy atom. The maximum absolute atomic E-state index is 12.4. The molecule has 0 bridgehead atoms. The average molecular weight is 368 g/mol. The molecule has 3 rings (SSSR count). The van der Waals surface area contributed by atoms with E-state index in [1.807, 2.05) is 36.6 Å². The number of aryl methyl sites for hydroxylation is 1. The Kier molecular flexibility index (Phi) is 4.94. The SMILES string of the molecule is CNc1ccc(C(=O)Nc2nc(-c3ccc(C)cc3)cs2)cc1[N+](=O)[O-]. The van der Waals surface area contributed by atoms with E-state index in [9.17, 15) is 14.9 Å². The minimum absolute atomic E-state index is 0.153. The number of nitrogens with one attached hydrogen (secondary N) is 2. The largest absolute Gasteiger partial charge is 0.383 e. The van der Waals surface area contributed by atoms with Crippen LogP contribution in [0.1, 0.15) is 15.9 Å². The molecule has 2 aromatic carbocycles. The molecule has 3 aromatic rings. The monoisotopic (exact) mass is 368 g/mol. The first-order valence-corrected chi connectivity index (χ1v) is 8.66. The number of nitro benzene ring substituents is 1. The molecule has 0 radical (unpaired) electrons. The van der Waals surface area contributed by atoms with Crippen LogP contribution in [0.4, 0.5) is 16.5 Å². The summed E-state index contributed by atoms with van der Waals surface area (Å²) in [7, 11) is 1.59. The van der Waals surface area contributed by atoms with Crippen LogP contribution in [-0.2, 0) is 0 Å². The van der Waals surface area contributed by atoms with Crippen molar-refractivity contribution in [2.24, 2.45) is 0 Å². The third-order valence-electron chi connectivity index (χ3n) is 3.80. The van der Waals surface area contributed by atoms with Gasteiger partial charge in [0.05, 0.1) is 10.6 Å². The molecule has 1 amide bonds. The van der Waals surface area contributed by atoms with Crippen LogP contribution in [0.25, 0.3) is 11.3 Å². The van der Waals surface area contributed by atoms with E-state index in [1.165, 1.54) is 29.5 Å². The van der Waals surface area contributed by atoms with Crippen molar-refractivity contribution in [3.63, 3.8) is 0 Å². The van der Waals surface area contributed by atoms with Gasteiger partial charge in [-0.3, -0.25) is 20.2 Å². The second-order valence-electron chi connectivity index (χ2n) is 5.60. The smallest absolute Gasteiger partial charge is 0.293 e. The van der Waals surface area contributed by atoms with Crippen molar-refractivity contribution in [1.29, 1.82) is 0 Å². The van der Waals surface area contributed by atoms with Crippen LogP contribution in [0.15, 0.2) is 47.8 Å². The number of nitrogens with zero attached hydrogens (tertiary/aromatic N) is 2. The molecule has 0 unspecified atom stereocenters. The highest BCUT2D eigenvalue weighted by Gasteiger charge is 2.17. The quantitative estimate of drug-likeness (QED) is 0.516. The third kappa shape index (κ3) is 3.70. The predicted octanol–water partition coefficient (Wildman–Crippen LogP) is 4.32. The number of hydrogen-bond acceptors (Lipinski definition) is 6. The van der Waals surface area contributed by atoms with Crippen LogP contribution in [0.5, 0.6) is 0 Å². The standard InChI is InChI=1S/C18H16N4O3S/c1-11-3-5-12(6-4-11)15-10-26-18(20-15)21-17(23)13-7-8-14(19-2)16(9-13)22(24)25/h3-10,19H,1-2H3,(H,20,21,23). The number of carbonyl (C=O) groups is 1. The Morgan fingerprint density at radius 1 is 1.19 bits per heavy atom. The summed E-state index contributed by atoms with van der Waals surface area (Å²) in [6.45, 7) is 2.01. The van der Waals surface area contributed by atoms with Gasteiger partial charge >= 0.3 is 0 Å². The molecule has 26 heavy (non-hydrogen) atoms. The van der Waals surface area contributed by atoms with Crippen LogP contribution < -0.4 is 10.6 Å². The molecular formula is C18H16N4O3S. The first-order valence-electron chi connectivity index (χ1n) is 7.78. The van der Waals surface area contributed by atoms with Gasteiger partial charge in [0.2, 0.25) is 0 Å². The second kappa shape index (κ2) is 7.32. The number of thiazole rings is 1. The van der Waals surface area contributed by atoms with Crippen molar-refractivity contribution in [2.75, 3.05) is 17.7 Å². The normalized spacial score (nSPS) is 10.4. The summed E-state index contributed by atoms with van der Waals surface area (Å²) in [5, 5.41) is 18.8. The van der Waals surface area contributed by atoms with Crippen LogP contribution >= 0.6 is 11.3 Å². The Morgan fingerprint density at radius 2 is 1.92 bits per heavy atom. The minimum atomic E-state index is -0.526. The average Bonchev–Trinajstić information content (AvgIpc) is 3.10. The number of amides is 1. The van der Waals surface area contributed by atoms with Gasteiger partial charge in [0, 0.05) is 29.6 Å². The Labute approximate surface area is 153 Å². The van der Waals surface area contributed by atoms with Crippen molar-refractivity contribution in [1.82, 2.24) is 4.98 Å². The molecule has 0 aliphatic carbocycles. The maximum atomic E-state index is 12.4. The van der Waals surface area contributed by atoms with E-state index in [4.69, 9.17) is 0 Å². The number of rotatable bonds is 5. The molecule has 0 atom stereocenters. The lowest BCUT2D eigenvalue weighted by Gasteiger charge is -2.05. The Bertz CT molecular complexity index is 967. The fraction of sp³-hybridized carbons (Fsp3) is 0.111. The van der Waals surface area contributed by atoms with Crippen LogP contribution in [0.3, 0.4) is 0 Å². The first kappa shape index (κ1) is 17.6. The Hall–Kier alpha value is -3.26. The van der Waals surface area contributed by atoms with E-state index in [2.05, 4.69) is 15.6 Å². The van der Waals surface area contributed by atoms with Gasteiger partial charge in [-0.15, -0.1) is 11.3 Å². The number of anilines is 2. The lowest BCUT2D eigenvalue weighted by molar-refractivity contribution is -0.384. The van der Waals surface area contributed by atoms with Crippen LogP contribution in [0, 0.1) is 17.0 Å². The van der Waals surface area contributed by atoms with Crippen molar-refractivity contribution >= 4 is 33.8 Å². The molecule has 8 heteroatoms. The first-order chi connectivity index (χ1) is 12.5. The molecule has 0 aliphatic heterocycles. The maximum Gasteiger partial charge on any atom is 0.293 e. The fourth-order valence-electron chi connectivity index (χ4n) is 2.39. The van der Waals surface area contributed by atoms with E-state index in [0.29, 0.717) is 10.8 Å². The summed E-state index contributed by atoms with van der Waals surface area (Å²) in [4.78, 5) is 27.4. The highest BCUT2D eigenvalue weighted by Crippen LogP contribution is 2.27. The van der Waals surface area contributed by atoms with Gasteiger partial charge in [-0.25, -0.2) is 4.98 Å². The second-order valence-corrected chi connectivity index (χ2v) is 6.46. The molecule has 132 valence electrons. The molecular weight excluding hydrogens is 352 g/mol. The molecule has 1 heterocycles. The lowest BCUT2D eigenvalue weighted by Crippen LogP contribution is -2.12. The van der Waals surface area contributed by atoms with Crippen molar-refractivity contribution in [3.05, 3.63) is 69.1 Å². The zero-order valence-corrected chi connectivity index (χ0v) is 15.0. The highest BCUT2D eigenvalue weighted by molar-refractivity contribution is 7.14. The minimum Gasteiger partial charge on any atom is -0.383 e. The lowest BCUT2D eigenvalue weighted by atomic mass is 10.1. The fourth-order valence-corrected chi connectivity index (χ4v) is 3.11. The van der Waals surface area contributed by atoms with E-state index < -0.39 is 10.8 Å². The van der Waals surface area contributed by atoms with Crippen LogP contribution in [-0.4, -0.2) is 22.9 Å². The van der Waals surface area contributed by atoms with Gasteiger partial charge in [-0.2, -0.15) is 0 Å². The van der Waals surface area contributed by atoms with Gasteiger partial charge in [-0.1, -0.05) is 29.8 Å². The number of hydrogen-bond donors (Lipinski definition) is 2. The molecule has 0 spiro atoms. The van der Waals surface area contributed by atoms with Crippen molar-refractivity contribution in [2.45, 2.75) is 6.92 Å². The predicted molar refractivity (Wildman–Crippen MR) is 103 cm³/mol. The van der Waals surface area contributed by atoms with E-state index in [-0.39, 0.29) is 11.3 Å². The topological polar surface area (TPSA) is 97.2 Å². The highest BCUT2D eigenvalue weighted by atomic mass is 32.1. The molecule has 0 fully saturated rings. The zero-order chi connectivity index (χ0) is 18.7. The van der Waals surface area contributed by atoms with Gasteiger partial charge in [-0.05, 0) is 19.1 Å². The number of benzene rings is 2. The van der Waals surface area contributed by atoms with Crippen molar-refractivity contribution in [3.8, 4) is 11.3 Å². The summed E-state index contributed by atoms with van der Waals surface area (Å²) in [6.07, 6.45) is 0. The van der Waals surface area contributed by atoms with Crippen LogP contribution in [0.2, 0.25) is 0 Å². The number of nitro groups is 1. The van der Waals surface area contributed by atoms with E-state index in [1.54, 1.807) is 7.05 Å². The van der Waals surface area contributed by atoms with Gasteiger partial charge < -0.3 is 5.32 Å². The van der Waals surface area contributed by atoms with Gasteiger partial charge in [0.15, 0.2) is 5.13 Å². The molecule has 0 saturated heterocycles.